The third-order valence-corrected chi connectivity index (χ3v) is 7.27. The van der Waals surface area contributed by atoms with Crippen LogP contribution in [0.1, 0.15) is 79.1 Å². The Bertz CT molecular complexity index is 817. The number of fused-ring (bicyclic) bond motifs is 1. The number of ether oxygens (including phenoxy) is 2. The van der Waals surface area contributed by atoms with Crippen LogP contribution >= 0.6 is 0 Å². The molecule has 6 heteroatoms. The second-order valence-electron chi connectivity index (χ2n) is 10.6. The van der Waals surface area contributed by atoms with Gasteiger partial charge in [0.2, 0.25) is 0 Å². The molecule has 2 fully saturated rings. The number of rotatable bonds is 12. The van der Waals surface area contributed by atoms with Gasteiger partial charge in [0.1, 0.15) is 0 Å². The predicted molar refractivity (Wildman–Crippen MR) is 136 cm³/mol. The molecule has 0 aliphatic heterocycles. The molecule has 0 saturated heterocycles. The number of carbonyl (C=O) groups is 2. The van der Waals surface area contributed by atoms with Crippen LogP contribution in [-0.2, 0) is 19.1 Å². The maximum atomic E-state index is 12.2. The maximum Gasteiger partial charge on any atom is 0.347 e. The summed E-state index contributed by atoms with van der Waals surface area (Å²) < 4.78 is 10.1. The van der Waals surface area contributed by atoms with Crippen molar-refractivity contribution in [3.05, 3.63) is 23.8 Å². The number of hydrogen-bond acceptors (Lipinski definition) is 6. The van der Waals surface area contributed by atoms with Gasteiger partial charge >= 0.3 is 11.9 Å². The molecule has 0 spiro atoms. The first-order valence-corrected chi connectivity index (χ1v) is 13.0. The molecule has 35 heavy (non-hydrogen) atoms. The predicted octanol–water partition coefficient (Wildman–Crippen LogP) is 4.59. The lowest BCUT2D eigenvalue weighted by molar-refractivity contribution is -0.167. The van der Waals surface area contributed by atoms with E-state index in [2.05, 4.69) is 17.9 Å². The molecule has 196 valence electrons. The number of carbonyl (C=O) groups excluding carboxylic acids is 2. The minimum absolute atomic E-state index is 0.0621. The van der Waals surface area contributed by atoms with Crippen LogP contribution in [0.15, 0.2) is 23.8 Å². The van der Waals surface area contributed by atoms with E-state index >= 15 is 0 Å². The van der Waals surface area contributed by atoms with Crippen molar-refractivity contribution < 1.29 is 29.3 Å². The molecule has 0 bridgehead atoms. The molecule has 0 aromatic rings. The molecular formula is C29H44O6. The molecule has 0 amide bonds. The number of allylic oxidation sites excluding steroid dienone is 2. The second-order valence-corrected chi connectivity index (χ2v) is 10.6. The number of unbranched alkanes of at least 4 members (excludes halogenated alkanes) is 1. The molecule has 0 aromatic carbocycles. The van der Waals surface area contributed by atoms with Gasteiger partial charge in [-0.05, 0) is 69.1 Å². The van der Waals surface area contributed by atoms with Crippen molar-refractivity contribution in [2.24, 2.45) is 29.6 Å². The molecule has 2 aliphatic rings. The summed E-state index contributed by atoms with van der Waals surface area (Å²) in [7, 11) is 1.30. The van der Waals surface area contributed by atoms with Crippen LogP contribution < -0.4 is 0 Å². The Labute approximate surface area is 211 Å². The molecule has 0 radical (unpaired) electrons. The van der Waals surface area contributed by atoms with E-state index in [0.29, 0.717) is 31.1 Å². The highest BCUT2D eigenvalue weighted by Gasteiger charge is 2.45. The van der Waals surface area contributed by atoms with Crippen LogP contribution in [0.2, 0.25) is 0 Å². The molecule has 2 aliphatic carbocycles. The van der Waals surface area contributed by atoms with Gasteiger partial charge in [-0.3, -0.25) is 4.79 Å². The Kier molecular flexibility index (Phi) is 12.0. The molecule has 1 unspecified atom stereocenters. The standard InChI is InChI=1S/C29H44O6/c1-6-7-10-20(4)25(30)14-13-23-24-17-21(16-22(24)18-26(23)31)11-8-9-12-28(32)35-27(15-19(2)3)29(33)34-5/h11,13-14,19-20,22-27,30-31H,8-10,12,15-18H2,1-5H3/b14-13+,21-11+/t20?,22-,23+,24-,25+,26+,27-/m0/s1. The third kappa shape index (κ3) is 9.13. The summed E-state index contributed by atoms with van der Waals surface area (Å²) in [5.41, 5.74) is 1.39. The van der Waals surface area contributed by atoms with Gasteiger partial charge in [-0.1, -0.05) is 44.6 Å². The Morgan fingerprint density at radius 2 is 1.97 bits per heavy atom. The fourth-order valence-electron chi connectivity index (χ4n) is 5.28. The first-order valence-electron chi connectivity index (χ1n) is 13.0. The van der Waals surface area contributed by atoms with Crippen molar-refractivity contribution in [2.75, 3.05) is 7.11 Å². The number of hydrogen-bond donors (Lipinski definition) is 2. The second kappa shape index (κ2) is 14.5. The number of methoxy groups -OCH3 is 1. The van der Waals surface area contributed by atoms with Gasteiger partial charge in [0.25, 0.3) is 0 Å². The Morgan fingerprint density at radius 1 is 1.23 bits per heavy atom. The van der Waals surface area contributed by atoms with Crippen molar-refractivity contribution >= 4 is 11.9 Å². The average molecular weight is 489 g/mol. The average Bonchev–Trinajstić information content (AvgIpc) is 3.33. The monoisotopic (exact) mass is 488 g/mol. The summed E-state index contributed by atoms with van der Waals surface area (Å²) in [6.45, 7) is 7.73. The molecule has 7 atom stereocenters. The Balaban J connectivity index is 1.81. The Hall–Kier alpha value is -2.10. The van der Waals surface area contributed by atoms with Crippen molar-refractivity contribution in [3.8, 4) is 11.8 Å². The van der Waals surface area contributed by atoms with Crippen molar-refractivity contribution in [3.63, 3.8) is 0 Å². The van der Waals surface area contributed by atoms with Crippen LogP contribution in [0.25, 0.3) is 0 Å². The van der Waals surface area contributed by atoms with Crippen molar-refractivity contribution in [1.82, 2.24) is 0 Å². The maximum absolute atomic E-state index is 12.2. The molecular weight excluding hydrogens is 444 g/mol. The molecule has 2 N–H and O–H groups in total. The van der Waals surface area contributed by atoms with Gasteiger partial charge in [-0.15, -0.1) is 11.8 Å². The van der Waals surface area contributed by atoms with Crippen LogP contribution in [0, 0.1) is 41.4 Å². The quantitative estimate of drug-likeness (QED) is 0.181. The summed E-state index contributed by atoms with van der Waals surface area (Å²) in [6.07, 6.45) is 9.90. The van der Waals surface area contributed by atoms with Crippen molar-refractivity contribution in [1.29, 1.82) is 0 Å². The highest BCUT2D eigenvalue weighted by atomic mass is 16.6. The molecule has 2 rings (SSSR count). The minimum atomic E-state index is -0.836. The van der Waals surface area contributed by atoms with E-state index < -0.39 is 18.2 Å². The first kappa shape index (κ1) is 29.1. The third-order valence-electron chi connectivity index (χ3n) is 7.27. The zero-order valence-corrected chi connectivity index (χ0v) is 22.0. The van der Waals surface area contributed by atoms with Crippen LogP contribution in [0.3, 0.4) is 0 Å². The van der Waals surface area contributed by atoms with Gasteiger partial charge in [-0.2, -0.15) is 0 Å². The molecule has 0 aromatic heterocycles. The fourth-order valence-corrected chi connectivity index (χ4v) is 5.28. The van der Waals surface area contributed by atoms with E-state index in [1.807, 2.05) is 32.9 Å². The van der Waals surface area contributed by atoms with E-state index in [-0.39, 0.29) is 36.2 Å². The first-order chi connectivity index (χ1) is 16.7. The van der Waals surface area contributed by atoms with E-state index in [1.54, 1.807) is 6.92 Å². The van der Waals surface area contributed by atoms with Crippen LogP contribution in [-0.4, -0.2) is 47.6 Å². The Morgan fingerprint density at radius 3 is 2.63 bits per heavy atom. The largest absolute Gasteiger partial charge is 0.466 e. The van der Waals surface area contributed by atoms with E-state index in [1.165, 1.54) is 12.7 Å². The zero-order valence-electron chi connectivity index (χ0n) is 22.0. The van der Waals surface area contributed by atoms with E-state index in [0.717, 1.165) is 25.7 Å². The normalized spacial score (nSPS) is 27.4. The minimum Gasteiger partial charge on any atom is -0.466 e. The number of aliphatic hydroxyl groups is 2. The van der Waals surface area contributed by atoms with E-state index in [4.69, 9.17) is 9.47 Å². The van der Waals surface area contributed by atoms with Crippen LogP contribution in [0.5, 0.6) is 0 Å². The van der Waals surface area contributed by atoms with Crippen molar-refractivity contribution in [2.45, 2.75) is 97.4 Å². The topological polar surface area (TPSA) is 93.1 Å². The molecule has 2 saturated carbocycles. The summed E-state index contributed by atoms with van der Waals surface area (Å²) >= 11 is 0. The lowest BCUT2D eigenvalue weighted by atomic mass is 9.89. The smallest absolute Gasteiger partial charge is 0.347 e. The van der Waals surface area contributed by atoms with Crippen LogP contribution in [0.4, 0.5) is 0 Å². The lowest BCUT2D eigenvalue weighted by Gasteiger charge is -2.19. The summed E-state index contributed by atoms with van der Waals surface area (Å²) in [5.74, 6) is 6.22. The zero-order chi connectivity index (χ0) is 26.0. The van der Waals surface area contributed by atoms with E-state index in [9.17, 15) is 19.8 Å². The van der Waals surface area contributed by atoms with Gasteiger partial charge in [0.05, 0.1) is 19.3 Å². The fraction of sp³-hybridized carbons (Fsp3) is 0.724. The summed E-state index contributed by atoms with van der Waals surface area (Å²) in [6, 6.07) is 0. The lowest BCUT2D eigenvalue weighted by Crippen LogP contribution is -2.29. The number of aliphatic hydroxyl groups excluding tert-OH is 2. The molecule has 0 heterocycles. The summed E-state index contributed by atoms with van der Waals surface area (Å²) in [5, 5.41) is 21.0. The highest BCUT2D eigenvalue weighted by Crippen LogP contribution is 2.50. The van der Waals surface area contributed by atoms with Gasteiger partial charge in [0.15, 0.2) is 6.10 Å². The van der Waals surface area contributed by atoms with Gasteiger partial charge in [0, 0.05) is 18.8 Å². The summed E-state index contributed by atoms with van der Waals surface area (Å²) in [4.78, 5) is 24.0. The number of esters is 2. The van der Waals surface area contributed by atoms with Gasteiger partial charge < -0.3 is 19.7 Å². The molecule has 6 nitrogen and oxygen atoms in total. The highest BCUT2D eigenvalue weighted by molar-refractivity contribution is 5.79. The van der Waals surface area contributed by atoms with Gasteiger partial charge in [-0.25, -0.2) is 4.79 Å². The SMILES string of the molecule is CC#CCC(C)[C@H](O)/C=C/[C@@H]1[C@H]2C/C(=C/CCCC(=O)O[C@@H](CC(C)C)C(=O)OC)C[C@H]2C[C@H]1O.